The zero-order chi connectivity index (χ0) is 26.4. The van der Waals surface area contributed by atoms with Crippen molar-refractivity contribution in [3.05, 3.63) is 94.6 Å². The van der Waals surface area contributed by atoms with Gasteiger partial charge in [0.15, 0.2) is 0 Å². The molecule has 6 nitrogen and oxygen atoms in total. The van der Waals surface area contributed by atoms with Crippen LogP contribution < -0.4 is 0 Å². The predicted octanol–water partition coefficient (Wildman–Crippen LogP) is 5.73. The number of nitrogens with zero attached hydrogens (tertiary/aromatic N) is 6. The Balaban J connectivity index is 0.00000400. The number of aliphatic imine (C=N–C) groups is 4. The van der Waals surface area contributed by atoms with E-state index in [1.807, 2.05) is 64.1 Å². The topological polar surface area (TPSA) is 75.2 Å². The van der Waals surface area contributed by atoms with Crippen LogP contribution in [-0.4, -0.2) is 58.0 Å². The van der Waals surface area contributed by atoms with Crippen LogP contribution in [-0.2, 0) is 6.42 Å². The van der Waals surface area contributed by atoms with Gasteiger partial charge in [-0.1, -0.05) is 42.0 Å². The Kier molecular flexibility index (Phi) is 11.1. The fourth-order valence-electron chi connectivity index (χ4n) is 4.27. The van der Waals surface area contributed by atoms with Gasteiger partial charge in [-0.15, -0.1) is 0 Å². The van der Waals surface area contributed by atoms with Crippen LogP contribution in [0.1, 0.15) is 68.5 Å². The molecule has 3 aromatic rings. The zero-order valence-electron chi connectivity index (χ0n) is 23.1. The van der Waals surface area contributed by atoms with Crippen molar-refractivity contribution in [2.24, 2.45) is 20.0 Å². The number of hydrogen-bond acceptors (Lipinski definition) is 6. The summed E-state index contributed by atoms with van der Waals surface area (Å²) >= 11 is 0. The number of rotatable bonds is 2. The first kappa shape index (κ1) is 30.0. The Morgan fingerprint density at radius 3 is 1.63 bits per heavy atom. The molecule has 196 valence electrons. The molecule has 0 saturated carbocycles. The van der Waals surface area contributed by atoms with Crippen molar-refractivity contribution in [1.29, 1.82) is 0 Å². The van der Waals surface area contributed by atoms with E-state index >= 15 is 0 Å². The maximum absolute atomic E-state index is 5.12. The molecular formula is C31H36N6Tb+3. The molecule has 4 rings (SSSR count). The van der Waals surface area contributed by atoms with Gasteiger partial charge in [0.05, 0.1) is 70.8 Å². The van der Waals surface area contributed by atoms with Crippen LogP contribution in [0.15, 0.2) is 80.6 Å². The zero-order valence-corrected chi connectivity index (χ0v) is 25.2. The molecule has 2 unspecified atom stereocenters. The summed E-state index contributed by atoms with van der Waals surface area (Å²) in [6.07, 6.45) is 0.797. The van der Waals surface area contributed by atoms with Crippen LogP contribution in [0.3, 0.4) is 0 Å². The standard InChI is InChI=1S/C31H36N6.Tb/c1-20-13-15-26(16-14-20)17-27-19-33-23(4)29-10-7-9-28(36-29)22(3)32-18-21(2)34-24(5)30-11-8-12-31(37-30)25(6)35-27;/h7-16,21,27H,17-19H2,1-6H3;/q;+3. The molecule has 1 aromatic carbocycles. The summed E-state index contributed by atoms with van der Waals surface area (Å²) in [4.78, 5) is 29.4. The summed E-state index contributed by atoms with van der Waals surface area (Å²) in [6.45, 7) is 13.4. The quantitative estimate of drug-likeness (QED) is 0.355. The first-order valence-corrected chi connectivity index (χ1v) is 12.9. The summed E-state index contributed by atoms with van der Waals surface area (Å²) in [5, 5.41) is 0. The molecule has 4 bridgehead atoms. The number of aromatic nitrogens is 2. The third-order valence-electron chi connectivity index (χ3n) is 6.50. The van der Waals surface area contributed by atoms with Gasteiger partial charge >= 0.3 is 38.6 Å². The number of hydrogen-bond donors (Lipinski definition) is 0. The molecule has 2 atom stereocenters. The molecule has 1 aliphatic heterocycles. The third kappa shape index (κ3) is 8.24. The number of pyridine rings is 2. The van der Waals surface area contributed by atoms with Crippen molar-refractivity contribution < 1.29 is 38.6 Å². The third-order valence-corrected chi connectivity index (χ3v) is 6.50. The van der Waals surface area contributed by atoms with E-state index in [4.69, 9.17) is 29.9 Å². The van der Waals surface area contributed by atoms with E-state index < -0.39 is 0 Å². The van der Waals surface area contributed by atoms with Crippen molar-refractivity contribution >= 4 is 22.8 Å². The van der Waals surface area contributed by atoms with Gasteiger partial charge in [0.2, 0.25) is 0 Å². The van der Waals surface area contributed by atoms with Crippen molar-refractivity contribution in [3.8, 4) is 0 Å². The first-order valence-electron chi connectivity index (χ1n) is 12.9. The summed E-state index contributed by atoms with van der Waals surface area (Å²) < 4.78 is 0. The van der Waals surface area contributed by atoms with E-state index in [0.717, 1.165) is 52.0 Å². The smallest absolute Gasteiger partial charge is 0.286 e. The number of aryl methyl sites for hydroxylation is 1. The Morgan fingerprint density at radius 2 is 1.08 bits per heavy atom. The Hall–Kier alpha value is -2.51. The molecule has 0 fully saturated rings. The fraction of sp³-hybridized carbons (Fsp3) is 0.355. The van der Waals surface area contributed by atoms with Gasteiger partial charge in [0.1, 0.15) is 0 Å². The summed E-state index contributed by atoms with van der Waals surface area (Å²) in [5.41, 5.74) is 9.52. The first-order chi connectivity index (χ1) is 17.8. The second kappa shape index (κ2) is 14.0. The molecule has 0 spiro atoms. The average molecular weight is 652 g/mol. The molecule has 1 aliphatic rings. The minimum atomic E-state index is -0.0248. The average Bonchev–Trinajstić information content (AvgIpc) is 2.91. The van der Waals surface area contributed by atoms with Gasteiger partial charge < -0.3 is 0 Å². The molecule has 0 radical (unpaired) electrons. The fourth-order valence-corrected chi connectivity index (χ4v) is 4.27. The summed E-state index contributed by atoms with van der Waals surface area (Å²) in [6, 6.07) is 20.7. The normalized spacial score (nSPS) is 18.6. The maximum atomic E-state index is 5.12. The molecule has 3 heterocycles. The van der Waals surface area contributed by atoms with Gasteiger partial charge in [-0.2, -0.15) is 0 Å². The van der Waals surface area contributed by atoms with Gasteiger partial charge in [-0.05, 0) is 77.8 Å². The van der Waals surface area contributed by atoms with Crippen LogP contribution >= 0.6 is 0 Å². The molecule has 38 heavy (non-hydrogen) atoms. The van der Waals surface area contributed by atoms with E-state index in [1.165, 1.54) is 11.1 Å². The van der Waals surface area contributed by atoms with Gasteiger partial charge in [0.25, 0.3) is 0 Å². The van der Waals surface area contributed by atoms with Gasteiger partial charge in [-0.25, -0.2) is 9.97 Å². The van der Waals surface area contributed by atoms with E-state index in [9.17, 15) is 0 Å². The molecule has 0 saturated heterocycles. The van der Waals surface area contributed by atoms with Crippen molar-refractivity contribution in [2.75, 3.05) is 13.1 Å². The molecule has 0 N–H and O–H groups in total. The minimum absolute atomic E-state index is 0. The van der Waals surface area contributed by atoms with Crippen molar-refractivity contribution in [1.82, 2.24) is 9.97 Å². The van der Waals surface area contributed by atoms with Crippen molar-refractivity contribution in [3.63, 3.8) is 0 Å². The summed E-state index contributed by atoms with van der Waals surface area (Å²) in [5.74, 6) is 0. The van der Waals surface area contributed by atoms with Crippen LogP contribution in [0, 0.1) is 45.5 Å². The Morgan fingerprint density at radius 1 is 0.605 bits per heavy atom. The Labute approximate surface area is 257 Å². The van der Waals surface area contributed by atoms with Gasteiger partial charge in [0, 0.05) is 0 Å². The monoisotopic (exact) mass is 651 g/mol. The van der Waals surface area contributed by atoms with Crippen molar-refractivity contribution in [2.45, 2.75) is 60.0 Å². The number of fused-ring (bicyclic) bond motifs is 4. The molecular weight excluding hydrogens is 615 g/mol. The van der Waals surface area contributed by atoms with Gasteiger partial charge in [-0.3, -0.25) is 20.0 Å². The largest absolute Gasteiger partial charge is 3.00 e. The summed E-state index contributed by atoms with van der Waals surface area (Å²) in [7, 11) is 0. The number of benzene rings is 1. The minimum Gasteiger partial charge on any atom is -0.286 e. The van der Waals surface area contributed by atoms with E-state index in [-0.39, 0.29) is 50.7 Å². The van der Waals surface area contributed by atoms with E-state index in [0.29, 0.717) is 13.1 Å². The Bertz CT molecular complexity index is 1370. The van der Waals surface area contributed by atoms with E-state index in [1.54, 1.807) is 0 Å². The van der Waals surface area contributed by atoms with E-state index in [2.05, 4.69) is 38.1 Å². The SMILES string of the molecule is CC1=NCC(C)N=C(C)c2cccc(n2)C(C)=NC(Cc2ccc(C)cc2)CN=C(C)c2cccc1n2.[Tb+3]. The maximum Gasteiger partial charge on any atom is 3.00 e. The van der Waals surface area contributed by atoms with Crippen LogP contribution in [0.25, 0.3) is 0 Å². The second-order valence-corrected chi connectivity index (χ2v) is 9.79. The van der Waals surface area contributed by atoms with Crippen LogP contribution in [0.5, 0.6) is 0 Å². The predicted molar refractivity (Wildman–Crippen MR) is 155 cm³/mol. The second-order valence-electron chi connectivity index (χ2n) is 9.79. The van der Waals surface area contributed by atoms with Crippen LogP contribution in [0.4, 0.5) is 0 Å². The van der Waals surface area contributed by atoms with Crippen LogP contribution in [0.2, 0.25) is 0 Å². The molecule has 2 aromatic heterocycles. The molecule has 7 heteroatoms. The molecule has 0 amide bonds. The molecule has 0 aliphatic carbocycles.